The molecule has 8 atom stereocenters. The number of fused-ring (bicyclic) bond motifs is 5. The SMILES string of the molecule is CC.CC.C[C@H]1CC2C3CCC(CCCC(=O)O)C3(C)CC[C@@H]2C2(C)CCCCC12. The molecule has 0 saturated heterocycles. The van der Waals surface area contributed by atoms with Crippen LogP contribution < -0.4 is 0 Å². The lowest BCUT2D eigenvalue weighted by atomic mass is 9.43. The van der Waals surface area contributed by atoms with Crippen molar-refractivity contribution in [2.75, 3.05) is 0 Å². The number of aliphatic carboxylic acids is 1. The molecule has 0 aromatic carbocycles. The van der Waals surface area contributed by atoms with Crippen LogP contribution in [0.1, 0.15) is 126 Å². The fourth-order valence-corrected chi connectivity index (χ4v) is 8.89. The smallest absolute Gasteiger partial charge is 0.303 e. The number of carboxylic acids is 1. The minimum atomic E-state index is -0.620. The topological polar surface area (TPSA) is 37.3 Å². The van der Waals surface area contributed by atoms with Crippen LogP contribution in [-0.2, 0) is 4.79 Å². The van der Waals surface area contributed by atoms with Crippen molar-refractivity contribution in [3.05, 3.63) is 0 Å². The molecule has 4 rings (SSSR count). The number of hydrogen-bond acceptors (Lipinski definition) is 1. The van der Waals surface area contributed by atoms with Crippen LogP contribution in [0.2, 0.25) is 0 Å². The van der Waals surface area contributed by atoms with E-state index < -0.39 is 5.97 Å². The van der Waals surface area contributed by atoms with E-state index in [1.807, 2.05) is 27.7 Å². The van der Waals surface area contributed by atoms with E-state index >= 15 is 0 Å². The Bertz CT molecular complexity index is 543. The highest BCUT2D eigenvalue weighted by molar-refractivity contribution is 5.66. The van der Waals surface area contributed by atoms with Gasteiger partial charge in [0.15, 0.2) is 0 Å². The van der Waals surface area contributed by atoms with E-state index in [4.69, 9.17) is 5.11 Å². The highest BCUT2D eigenvalue weighted by Gasteiger charge is 2.60. The first kappa shape index (κ1) is 25.7. The third-order valence-corrected chi connectivity index (χ3v) is 10.1. The van der Waals surface area contributed by atoms with Gasteiger partial charge in [-0.2, -0.15) is 0 Å². The van der Waals surface area contributed by atoms with E-state index in [0.29, 0.717) is 17.3 Å². The van der Waals surface area contributed by atoms with E-state index in [1.165, 1.54) is 57.8 Å². The highest BCUT2D eigenvalue weighted by atomic mass is 16.4. The van der Waals surface area contributed by atoms with Crippen molar-refractivity contribution in [1.82, 2.24) is 0 Å². The molecule has 0 amide bonds. The van der Waals surface area contributed by atoms with Crippen LogP contribution in [-0.4, -0.2) is 11.1 Å². The second-order valence-electron chi connectivity index (χ2n) is 11.1. The van der Waals surface area contributed by atoms with Gasteiger partial charge in [-0.25, -0.2) is 0 Å². The number of carboxylic acid groups (broad SMARTS) is 1. The third-order valence-electron chi connectivity index (χ3n) is 10.1. The third kappa shape index (κ3) is 4.63. The van der Waals surface area contributed by atoms with Crippen molar-refractivity contribution in [3.8, 4) is 0 Å². The Hall–Kier alpha value is -0.530. The Balaban J connectivity index is 0.000000757. The number of hydrogen-bond donors (Lipinski definition) is 1. The summed E-state index contributed by atoms with van der Waals surface area (Å²) in [6.45, 7) is 15.8. The van der Waals surface area contributed by atoms with Gasteiger partial charge in [-0.3, -0.25) is 4.79 Å². The van der Waals surface area contributed by atoms with Crippen LogP contribution in [0.4, 0.5) is 0 Å². The molecule has 4 aliphatic carbocycles. The van der Waals surface area contributed by atoms with Gasteiger partial charge < -0.3 is 5.11 Å². The van der Waals surface area contributed by atoms with Gasteiger partial charge in [0.05, 0.1) is 0 Å². The second kappa shape index (κ2) is 10.9. The molecule has 1 N–H and O–H groups in total. The zero-order chi connectivity index (χ0) is 22.5. The van der Waals surface area contributed by atoms with E-state index in [9.17, 15) is 4.79 Å². The molecule has 4 fully saturated rings. The maximum Gasteiger partial charge on any atom is 0.303 e. The molecule has 4 aliphatic rings. The summed E-state index contributed by atoms with van der Waals surface area (Å²) in [5.41, 5.74) is 1.11. The summed E-state index contributed by atoms with van der Waals surface area (Å²) < 4.78 is 0. The summed E-state index contributed by atoms with van der Waals surface area (Å²) in [6.07, 6.45) is 15.4. The number of carbonyl (C=O) groups is 1. The molecule has 2 nitrogen and oxygen atoms in total. The van der Waals surface area contributed by atoms with Crippen molar-refractivity contribution in [3.63, 3.8) is 0 Å². The van der Waals surface area contributed by atoms with E-state index in [-0.39, 0.29) is 0 Å². The Morgan fingerprint density at radius 1 is 0.867 bits per heavy atom. The minimum absolute atomic E-state index is 0.361. The molecule has 176 valence electrons. The van der Waals surface area contributed by atoms with Gasteiger partial charge in [0.1, 0.15) is 0 Å². The molecule has 0 radical (unpaired) electrons. The van der Waals surface area contributed by atoms with Gasteiger partial charge in [0, 0.05) is 6.42 Å². The Morgan fingerprint density at radius 2 is 1.53 bits per heavy atom. The first-order valence-corrected chi connectivity index (χ1v) is 13.6. The fourth-order valence-electron chi connectivity index (χ4n) is 8.89. The van der Waals surface area contributed by atoms with Crippen molar-refractivity contribution < 1.29 is 9.90 Å². The van der Waals surface area contributed by atoms with E-state index in [1.54, 1.807) is 0 Å². The van der Waals surface area contributed by atoms with Crippen LogP contribution in [0.3, 0.4) is 0 Å². The maximum atomic E-state index is 10.9. The van der Waals surface area contributed by atoms with Crippen molar-refractivity contribution in [2.45, 2.75) is 126 Å². The molecule has 30 heavy (non-hydrogen) atoms. The largest absolute Gasteiger partial charge is 0.481 e. The average molecular weight is 421 g/mol. The summed E-state index contributed by atoms with van der Waals surface area (Å²) in [4.78, 5) is 10.9. The van der Waals surface area contributed by atoms with Crippen molar-refractivity contribution in [1.29, 1.82) is 0 Å². The minimum Gasteiger partial charge on any atom is -0.481 e. The van der Waals surface area contributed by atoms with E-state index in [0.717, 1.165) is 48.3 Å². The summed E-state index contributed by atoms with van der Waals surface area (Å²) in [6, 6.07) is 0. The Labute approximate surface area is 188 Å². The summed E-state index contributed by atoms with van der Waals surface area (Å²) in [7, 11) is 0. The van der Waals surface area contributed by atoms with Gasteiger partial charge in [-0.15, -0.1) is 0 Å². The van der Waals surface area contributed by atoms with Gasteiger partial charge in [-0.1, -0.05) is 61.3 Å². The zero-order valence-electron chi connectivity index (χ0n) is 21.3. The van der Waals surface area contributed by atoms with Gasteiger partial charge in [0.25, 0.3) is 0 Å². The summed E-state index contributed by atoms with van der Waals surface area (Å²) >= 11 is 0. The van der Waals surface area contributed by atoms with Crippen LogP contribution in [0.5, 0.6) is 0 Å². The lowest BCUT2D eigenvalue weighted by Crippen LogP contribution is -2.55. The van der Waals surface area contributed by atoms with Crippen LogP contribution in [0.15, 0.2) is 0 Å². The average Bonchev–Trinajstić information content (AvgIpc) is 3.07. The van der Waals surface area contributed by atoms with Crippen LogP contribution in [0.25, 0.3) is 0 Å². The molecular weight excluding hydrogens is 368 g/mol. The second-order valence-corrected chi connectivity index (χ2v) is 11.1. The lowest BCUT2D eigenvalue weighted by molar-refractivity contribution is -0.137. The maximum absolute atomic E-state index is 10.9. The molecule has 0 aromatic rings. The lowest BCUT2D eigenvalue weighted by Gasteiger charge is -2.62. The molecule has 0 spiro atoms. The summed E-state index contributed by atoms with van der Waals surface area (Å²) in [5.74, 6) is 4.89. The van der Waals surface area contributed by atoms with Gasteiger partial charge >= 0.3 is 5.97 Å². The predicted molar refractivity (Wildman–Crippen MR) is 129 cm³/mol. The molecule has 0 aromatic heterocycles. The molecule has 4 saturated carbocycles. The van der Waals surface area contributed by atoms with Crippen LogP contribution in [0, 0.1) is 46.3 Å². The van der Waals surface area contributed by atoms with Gasteiger partial charge in [0.2, 0.25) is 0 Å². The first-order valence-electron chi connectivity index (χ1n) is 13.6. The first-order chi connectivity index (χ1) is 14.4. The Morgan fingerprint density at radius 3 is 2.20 bits per heavy atom. The number of rotatable bonds is 4. The van der Waals surface area contributed by atoms with Gasteiger partial charge in [-0.05, 0) is 104 Å². The molecule has 2 heteroatoms. The van der Waals surface area contributed by atoms with Crippen molar-refractivity contribution in [2.24, 2.45) is 46.3 Å². The standard InChI is InChI=1S/C24H40O2.2C2H6/c1-16-15-18-20-11-10-17(7-6-9-22(25)26)23(20,2)14-12-21(18)24(3)13-5-4-8-19(16)24;2*1-2/h16-21H,4-15H2,1-3H3,(H,25,26);2*1-2H3/t16-,17?,18?,19?,20?,21-,23?,24?;;/m0../s1. The Kier molecular flexibility index (Phi) is 9.32. The zero-order valence-corrected chi connectivity index (χ0v) is 21.3. The molecule has 0 bridgehead atoms. The monoisotopic (exact) mass is 420 g/mol. The van der Waals surface area contributed by atoms with E-state index in [2.05, 4.69) is 20.8 Å². The molecule has 0 aliphatic heterocycles. The molecular formula is C28H52O2. The molecule has 6 unspecified atom stereocenters. The summed E-state index contributed by atoms with van der Waals surface area (Å²) in [5, 5.41) is 9.01. The highest BCUT2D eigenvalue weighted by Crippen LogP contribution is 2.68. The van der Waals surface area contributed by atoms with Crippen LogP contribution >= 0.6 is 0 Å². The normalized spacial score (nSPS) is 44.2. The quantitative estimate of drug-likeness (QED) is 0.494. The van der Waals surface area contributed by atoms with Crippen molar-refractivity contribution >= 4 is 5.97 Å². The fraction of sp³-hybridized carbons (Fsp3) is 0.964. The predicted octanol–water partition coefficient (Wildman–Crippen LogP) is 8.59. The molecule has 0 heterocycles.